The Morgan fingerprint density at radius 1 is 1.10 bits per heavy atom. The summed E-state index contributed by atoms with van der Waals surface area (Å²) in [5.74, 6) is -0.458. The van der Waals surface area contributed by atoms with Crippen LogP contribution in [0.1, 0.15) is 12.0 Å². The van der Waals surface area contributed by atoms with Crippen molar-refractivity contribution in [3.8, 4) is 0 Å². The molecule has 2 N–H and O–H groups in total. The van der Waals surface area contributed by atoms with Gasteiger partial charge in [0, 0.05) is 12.2 Å². The van der Waals surface area contributed by atoms with Crippen molar-refractivity contribution in [1.29, 1.82) is 0 Å². The van der Waals surface area contributed by atoms with Crippen LogP contribution in [0.15, 0.2) is 47.4 Å². The summed E-state index contributed by atoms with van der Waals surface area (Å²) in [5, 5.41) is 0. The van der Waals surface area contributed by atoms with E-state index in [1.54, 1.807) is 12.1 Å². The summed E-state index contributed by atoms with van der Waals surface area (Å²) in [6, 6.07) is 10.1. The van der Waals surface area contributed by atoms with Crippen LogP contribution in [0.5, 0.6) is 0 Å². The number of nitrogens with two attached hydrogens (primary N) is 1. The van der Waals surface area contributed by atoms with E-state index in [9.17, 15) is 12.8 Å². The lowest BCUT2D eigenvalue weighted by Crippen LogP contribution is -2.35. The maximum absolute atomic E-state index is 13.0. The number of hydrogen-bond acceptors (Lipinski definition) is 3. The van der Waals surface area contributed by atoms with Crippen LogP contribution in [-0.2, 0) is 16.4 Å². The van der Waals surface area contributed by atoms with E-state index in [1.807, 2.05) is 6.07 Å². The van der Waals surface area contributed by atoms with Crippen LogP contribution >= 0.6 is 0 Å². The molecule has 6 heteroatoms. The van der Waals surface area contributed by atoms with Crippen LogP contribution in [0, 0.1) is 5.82 Å². The molecule has 2 aromatic rings. The van der Waals surface area contributed by atoms with Crippen LogP contribution in [0.4, 0.5) is 15.8 Å². The molecule has 0 amide bonds. The topological polar surface area (TPSA) is 63.4 Å². The summed E-state index contributed by atoms with van der Waals surface area (Å²) >= 11 is 0. The molecule has 2 aromatic carbocycles. The molecule has 0 unspecified atom stereocenters. The van der Waals surface area contributed by atoms with Gasteiger partial charge in [-0.25, -0.2) is 12.8 Å². The van der Waals surface area contributed by atoms with E-state index in [0.717, 1.165) is 30.5 Å². The van der Waals surface area contributed by atoms with Crippen molar-refractivity contribution < 1.29 is 12.8 Å². The molecular weight excluding hydrogens is 291 g/mol. The molecule has 0 radical (unpaired) electrons. The summed E-state index contributed by atoms with van der Waals surface area (Å²) in [6.45, 7) is 0.413. The minimum absolute atomic E-state index is 0.0913. The Morgan fingerprint density at radius 2 is 1.81 bits per heavy atom. The largest absolute Gasteiger partial charge is 0.399 e. The third-order valence-electron chi connectivity index (χ3n) is 3.58. The zero-order chi connectivity index (χ0) is 15.0. The molecule has 1 aliphatic heterocycles. The Kier molecular flexibility index (Phi) is 3.33. The van der Waals surface area contributed by atoms with E-state index in [-0.39, 0.29) is 4.90 Å². The molecule has 110 valence electrons. The summed E-state index contributed by atoms with van der Waals surface area (Å²) in [5.41, 5.74) is 7.95. The Hall–Kier alpha value is -2.08. The van der Waals surface area contributed by atoms with E-state index < -0.39 is 15.8 Å². The fraction of sp³-hybridized carbons (Fsp3) is 0.200. The first kappa shape index (κ1) is 13.9. The first-order valence-electron chi connectivity index (χ1n) is 6.65. The van der Waals surface area contributed by atoms with E-state index in [1.165, 1.54) is 16.4 Å². The second-order valence-electron chi connectivity index (χ2n) is 5.02. The van der Waals surface area contributed by atoms with Crippen molar-refractivity contribution in [3.63, 3.8) is 0 Å². The third-order valence-corrected chi connectivity index (χ3v) is 5.41. The van der Waals surface area contributed by atoms with Crippen molar-refractivity contribution in [1.82, 2.24) is 0 Å². The Morgan fingerprint density at radius 3 is 2.52 bits per heavy atom. The number of aryl methyl sites for hydroxylation is 1. The van der Waals surface area contributed by atoms with Gasteiger partial charge in [-0.15, -0.1) is 0 Å². The second kappa shape index (κ2) is 5.04. The van der Waals surface area contributed by atoms with Gasteiger partial charge in [0.05, 0.1) is 10.6 Å². The molecule has 0 fully saturated rings. The standard InChI is InChI=1S/C15H15FN2O2S/c16-12-3-6-14(7-4-12)21(19,20)18-9-1-2-11-10-13(17)5-8-15(11)18/h3-8,10H,1-2,9,17H2. The van der Waals surface area contributed by atoms with Gasteiger partial charge in [0.1, 0.15) is 5.82 Å². The summed E-state index contributed by atoms with van der Waals surface area (Å²) < 4.78 is 39.8. The summed E-state index contributed by atoms with van der Waals surface area (Å²) in [4.78, 5) is 0.0913. The molecule has 4 nitrogen and oxygen atoms in total. The Balaban J connectivity index is 2.07. The van der Waals surface area contributed by atoms with Gasteiger partial charge in [0.2, 0.25) is 0 Å². The number of anilines is 2. The molecular formula is C15H15FN2O2S. The van der Waals surface area contributed by atoms with Gasteiger partial charge in [-0.05, 0) is 60.9 Å². The zero-order valence-electron chi connectivity index (χ0n) is 11.3. The van der Waals surface area contributed by atoms with Crippen molar-refractivity contribution in [2.75, 3.05) is 16.6 Å². The van der Waals surface area contributed by atoms with E-state index >= 15 is 0 Å². The van der Waals surface area contributed by atoms with Crippen LogP contribution in [0.2, 0.25) is 0 Å². The number of nitrogens with zero attached hydrogens (tertiary/aromatic N) is 1. The molecule has 3 rings (SSSR count). The van der Waals surface area contributed by atoms with Crippen molar-refractivity contribution in [3.05, 3.63) is 53.8 Å². The van der Waals surface area contributed by atoms with Crippen LogP contribution < -0.4 is 10.0 Å². The number of hydrogen-bond donors (Lipinski definition) is 1. The van der Waals surface area contributed by atoms with Crippen molar-refractivity contribution in [2.45, 2.75) is 17.7 Å². The highest BCUT2D eigenvalue weighted by atomic mass is 32.2. The average molecular weight is 306 g/mol. The lowest BCUT2D eigenvalue weighted by Gasteiger charge is -2.30. The number of halogens is 1. The van der Waals surface area contributed by atoms with Crippen molar-refractivity contribution >= 4 is 21.4 Å². The first-order chi connectivity index (χ1) is 9.98. The monoisotopic (exact) mass is 306 g/mol. The van der Waals surface area contributed by atoms with E-state index in [2.05, 4.69) is 0 Å². The van der Waals surface area contributed by atoms with E-state index in [0.29, 0.717) is 17.9 Å². The molecule has 1 heterocycles. The highest BCUT2D eigenvalue weighted by Gasteiger charge is 2.29. The maximum atomic E-state index is 13.0. The minimum Gasteiger partial charge on any atom is -0.399 e. The molecule has 0 aromatic heterocycles. The highest BCUT2D eigenvalue weighted by Crippen LogP contribution is 2.33. The molecule has 0 aliphatic carbocycles. The second-order valence-corrected chi connectivity index (χ2v) is 6.89. The lowest BCUT2D eigenvalue weighted by atomic mass is 10.0. The molecule has 0 saturated heterocycles. The van der Waals surface area contributed by atoms with Gasteiger partial charge in [-0.1, -0.05) is 0 Å². The molecule has 21 heavy (non-hydrogen) atoms. The van der Waals surface area contributed by atoms with E-state index in [4.69, 9.17) is 5.73 Å². The molecule has 0 atom stereocenters. The molecule has 1 aliphatic rings. The molecule has 0 saturated carbocycles. The quantitative estimate of drug-likeness (QED) is 0.867. The number of fused-ring (bicyclic) bond motifs is 1. The lowest BCUT2D eigenvalue weighted by molar-refractivity contribution is 0.585. The smallest absolute Gasteiger partial charge is 0.264 e. The first-order valence-corrected chi connectivity index (χ1v) is 8.09. The predicted octanol–water partition coefficient (Wildman–Crippen LogP) is 2.55. The molecule has 0 spiro atoms. The van der Waals surface area contributed by atoms with Gasteiger partial charge in [0.15, 0.2) is 0 Å². The average Bonchev–Trinajstić information content (AvgIpc) is 2.46. The fourth-order valence-electron chi connectivity index (χ4n) is 2.57. The Bertz CT molecular complexity index is 773. The number of nitrogen functional groups attached to an aromatic ring is 1. The maximum Gasteiger partial charge on any atom is 0.264 e. The number of rotatable bonds is 2. The summed E-state index contributed by atoms with van der Waals surface area (Å²) in [6.07, 6.45) is 1.53. The van der Waals surface area contributed by atoms with Gasteiger partial charge in [-0.2, -0.15) is 0 Å². The van der Waals surface area contributed by atoms with Crippen molar-refractivity contribution in [2.24, 2.45) is 0 Å². The summed E-state index contributed by atoms with van der Waals surface area (Å²) in [7, 11) is -3.68. The predicted molar refractivity (Wildman–Crippen MR) is 80.1 cm³/mol. The highest BCUT2D eigenvalue weighted by molar-refractivity contribution is 7.92. The zero-order valence-corrected chi connectivity index (χ0v) is 12.1. The van der Waals surface area contributed by atoms with Gasteiger partial charge >= 0.3 is 0 Å². The third kappa shape index (κ3) is 2.47. The van der Waals surface area contributed by atoms with Crippen LogP contribution in [0.3, 0.4) is 0 Å². The fourth-order valence-corrected chi connectivity index (χ4v) is 4.11. The number of benzene rings is 2. The Labute approximate surface area is 123 Å². The molecule has 0 bridgehead atoms. The SMILES string of the molecule is Nc1ccc2c(c1)CCCN2S(=O)(=O)c1ccc(F)cc1. The van der Waals surface area contributed by atoms with Crippen LogP contribution in [-0.4, -0.2) is 15.0 Å². The minimum atomic E-state index is -3.68. The van der Waals surface area contributed by atoms with Gasteiger partial charge < -0.3 is 5.73 Å². The van der Waals surface area contributed by atoms with Gasteiger partial charge in [-0.3, -0.25) is 4.31 Å². The number of sulfonamides is 1. The van der Waals surface area contributed by atoms with Crippen LogP contribution in [0.25, 0.3) is 0 Å². The normalized spacial score (nSPS) is 14.8. The van der Waals surface area contributed by atoms with Gasteiger partial charge in [0.25, 0.3) is 10.0 Å².